The summed E-state index contributed by atoms with van der Waals surface area (Å²) in [6, 6.07) is 7.17. The van der Waals surface area contributed by atoms with E-state index in [9.17, 15) is 13.2 Å². The van der Waals surface area contributed by atoms with E-state index in [2.05, 4.69) is 26.1 Å². The number of sulfonamides is 1. The predicted molar refractivity (Wildman–Crippen MR) is 111 cm³/mol. The van der Waals surface area contributed by atoms with Crippen LogP contribution in [-0.4, -0.2) is 56.9 Å². The van der Waals surface area contributed by atoms with Gasteiger partial charge in [0.05, 0.1) is 11.5 Å². The summed E-state index contributed by atoms with van der Waals surface area (Å²) in [6.45, 7) is 8.69. The van der Waals surface area contributed by atoms with Crippen molar-refractivity contribution in [3.8, 4) is 0 Å². The van der Waals surface area contributed by atoms with Gasteiger partial charge in [-0.05, 0) is 61.9 Å². The smallest absolute Gasteiger partial charge is 0.243 e. The number of ketones is 1. The quantitative estimate of drug-likeness (QED) is 0.686. The molecule has 1 aromatic rings. The Morgan fingerprint density at radius 3 is 2.24 bits per heavy atom. The Labute approximate surface area is 174 Å². The van der Waals surface area contributed by atoms with Gasteiger partial charge < -0.3 is 10.1 Å². The molecule has 1 aliphatic carbocycles. The van der Waals surface area contributed by atoms with Gasteiger partial charge in [-0.15, -0.1) is 0 Å². The van der Waals surface area contributed by atoms with Gasteiger partial charge in [0.15, 0.2) is 5.78 Å². The molecule has 2 saturated heterocycles. The topological polar surface area (TPSA) is 79.0 Å². The van der Waals surface area contributed by atoms with Crippen molar-refractivity contribution in [2.45, 2.75) is 68.9 Å². The zero-order valence-electron chi connectivity index (χ0n) is 17.6. The Bertz CT molecular complexity index is 859. The molecule has 2 heterocycles. The molecule has 7 heteroatoms. The number of nitrogens with one attached hydrogen (secondary N) is 1. The monoisotopic (exact) mass is 420 g/mol. The van der Waals surface area contributed by atoms with E-state index in [1.807, 2.05) is 12.1 Å². The van der Waals surface area contributed by atoms with Crippen LogP contribution in [-0.2, 0) is 25.0 Å². The highest BCUT2D eigenvalue weighted by Crippen LogP contribution is 2.50. The van der Waals surface area contributed by atoms with Crippen LogP contribution >= 0.6 is 0 Å². The number of benzene rings is 1. The Morgan fingerprint density at radius 2 is 1.76 bits per heavy atom. The Hall–Kier alpha value is -1.28. The van der Waals surface area contributed by atoms with E-state index in [1.54, 1.807) is 16.4 Å². The highest BCUT2D eigenvalue weighted by Gasteiger charge is 2.57. The number of carbonyl (C=O) groups excluding carboxylic acids is 1. The van der Waals surface area contributed by atoms with Crippen LogP contribution in [0.2, 0.25) is 0 Å². The third-order valence-electron chi connectivity index (χ3n) is 6.50. The normalized spacial score (nSPS) is 24.5. The third kappa shape index (κ3) is 4.29. The predicted octanol–water partition coefficient (Wildman–Crippen LogP) is 2.47. The number of ether oxygens (including phenoxy) is 1. The summed E-state index contributed by atoms with van der Waals surface area (Å²) in [5.41, 5.74) is 0.514. The SMILES string of the molecule is CC(C)(C)c1ccc(S(=O)(=O)N(CC2(C(=O)C3CO3)CC2)C2CCNCC2)cc1. The van der Waals surface area contributed by atoms with Crippen LogP contribution in [0.4, 0.5) is 0 Å². The molecule has 0 bridgehead atoms. The molecule has 1 aromatic carbocycles. The summed E-state index contributed by atoms with van der Waals surface area (Å²) in [5.74, 6) is 0.0923. The lowest BCUT2D eigenvalue weighted by molar-refractivity contribution is -0.125. The first kappa shape index (κ1) is 21.0. The van der Waals surface area contributed by atoms with Gasteiger partial charge in [0.2, 0.25) is 10.0 Å². The molecule has 0 aromatic heterocycles. The first-order valence-corrected chi connectivity index (χ1v) is 12.1. The fourth-order valence-corrected chi connectivity index (χ4v) is 6.01. The van der Waals surface area contributed by atoms with Crippen molar-refractivity contribution in [1.82, 2.24) is 9.62 Å². The molecular formula is C22H32N2O4S. The molecule has 1 atom stereocenters. The summed E-state index contributed by atoms with van der Waals surface area (Å²) >= 11 is 0. The largest absolute Gasteiger partial charge is 0.365 e. The van der Waals surface area contributed by atoms with Crippen LogP contribution in [0.1, 0.15) is 52.0 Å². The van der Waals surface area contributed by atoms with E-state index in [0.29, 0.717) is 11.5 Å². The lowest BCUT2D eigenvalue weighted by atomic mass is 9.87. The molecule has 0 radical (unpaired) electrons. The van der Waals surface area contributed by atoms with E-state index in [-0.39, 0.29) is 29.9 Å². The van der Waals surface area contributed by atoms with Gasteiger partial charge in [0, 0.05) is 18.0 Å². The molecule has 2 aliphatic heterocycles. The molecular weight excluding hydrogens is 388 g/mol. The van der Waals surface area contributed by atoms with Crippen LogP contribution in [0, 0.1) is 5.41 Å². The minimum absolute atomic E-state index is 0.0359. The van der Waals surface area contributed by atoms with Crippen molar-refractivity contribution in [2.24, 2.45) is 5.41 Å². The van der Waals surface area contributed by atoms with Gasteiger partial charge in [0.25, 0.3) is 0 Å². The second kappa shape index (κ2) is 7.45. The standard InChI is InChI=1S/C22H32N2O4S/c1-21(2,3)16-4-6-18(7-5-16)29(26,27)24(17-8-12-23-13-9-17)15-22(10-11-22)20(25)19-14-28-19/h4-7,17,19,23H,8-15H2,1-3H3. The molecule has 0 amide bonds. The molecule has 3 aliphatic rings. The highest BCUT2D eigenvalue weighted by atomic mass is 32.2. The van der Waals surface area contributed by atoms with Crippen molar-refractivity contribution in [1.29, 1.82) is 0 Å². The van der Waals surface area contributed by atoms with Crippen molar-refractivity contribution >= 4 is 15.8 Å². The van der Waals surface area contributed by atoms with Gasteiger partial charge in [0.1, 0.15) is 6.10 Å². The maximum atomic E-state index is 13.7. The fraction of sp³-hybridized carbons (Fsp3) is 0.682. The average Bonchev–Trinajstić information content (AvgIpc) is 3.61. The van der Waals surface area contributed by atoms with Gasteiger partial charge in [-0.25, -0.2) is 8.42 Å². The van der Waals surface area contributed by atoms with Crippen LogP contribution < -0.4 is 5.32 Å². The fourth-order valence-electron chi connectivity index (χ4n) is 4.24. The number of nitrogens with zero attached hydrogens (tertiary/aromatic N) is 1. The number of carbonyl (C=O) groups is 1. The molecule has 160 valence electrons. The minimum Gasteiger partial charge on any atom is -0.365 e. The molecule has 3 fully saturated rings. The molecule has 29 heavy (non-hydrogen) atoms. The number of hydrogen-bond acceptors (Lipinski definition) is 5. The zero-order chi connectivity index (χ0) is 20.9. The Morgan fingerprint density at radius 1 is 1.17 bits per heavy atom. The summed E-state index contributed by atoms with van der Waals surface area (Å²) < 4.78 is 34.2. The number of piperidine rings is 1. The lowest BCUT2D eigenvalue weighted by Gasteiger charge is -2.36. The van der Waals surface area contributed by atoms with Crippen LogP contribution in [0.25, 0.3) is 0 Å². The lowest BCUT2D eigenvalue weighted by Crippen LogP contribution is -2.49. The average molecular weight is 421 g/mol. The first-order chi connectivity index (χ1) is 13.6. The van der Waals surface area contributed by atoms with Gasteiger partial charge in [-0.1, -0.05) is 32.9 Å². The number of Topliss-reactive ketones (excluding diaryl/α,β-unsaturated/α-hetero) is 1. The summed E-state index contributed by atoms with van der Waals surface area (Å²) in [6.07, 6.45) is 2.73. The highest BCUT2D eigenvalue weighted by molar-refractivity contribution is 7.89. The summed E-state index contributed by atoms with van der Waals surface area (Å²) in [7, 11) is -3.68. The van der Waals surface area contributed by atoms with E-state index in [0.717, 1.165) is 44.3 Å². The van der Waals surface area contributed by atoms with Crippen LogP contribution in [0.5, 0.6) is 0 Å². The van der Waals surface area contributed by atoms with Gasteiger partial charge in [-0.3, -0.25) is 4.79 Å². The van der Waals surface area contributed by atoms with Crippen molar-refractivity contribution in [3.63, 3.8) is 0 Å². The molecule has 6 nitrogen and oxygen atoms in total. The first-order valence-electron chi connectivity index (χ1n) is 10.6. The van der Waals surface area contributed by atoms with E-state index < -0.39 is 15.4 Å². The van der Waals surface area contributed by atoms with E-state index in [4.69, 9.17) is 4.74 Å². The third-order valence-corrected chi connectivity index (χ3v) is 8.42. The molecule has 0 spiro atoms. The molecule has 1 N–H and O–H groups in total. The molecule has 1 saturated carbocycles. The number of rotatable bonds is 7. The second-order valence-corrected chi connectivity index (χ2v) is 11.7. The van der Waals surface area contributed by atoms with Crippen molar-refractivity contribution < 1.29 is 17.9 Å². The number of epoxide rings is 1. The van der Waals surface area contributed by atoms with E-state index >= 15 is 0 Å². The molecule has 1 unspecified atom stereocenters. The summed E-state index contributed by atoms with van der Waals surface area (Å²) in [4.78, 5) is 13.1. The van der Waals surface area contributed by atoms with Crippen molar-refractivity contribution in [3.05, 3.63) is 29.8 Å². The minimum atomic E-state index is -3.68. The van der Waals surface area contributed by atoms with Gasteiger partial charge in [-0.2, -0.15) is 4.31 Å². The van der Waals surface area contributed by atoms with Crippen LogP contribution in [0.15, 0.2) is 29.2 Å². The van der Waals surface area contributed by atoms with Crippen molar-refractivity contribution in [2.75, 3.05) is 26.2 Å². The molecule has 4 rings (SSSR count). The Balaban J connectivity index is 1.63. The summed E-state index contributed by atoms with van der Waals surface area (Å²) in [5, 5.41) is 3.31. The number of hydrogen-bond donors (Lipinski definition) is 1. The van der Waals surface area contributed by atoms with E-state index in [1.165, 1.54) is 0 Å². The van der Waals surface area contributed by atoms with Gasteiger partial charge >= 0.3 is 0 Å². The second-order valence-electron chi connectivity index (χ2n) is 9.77. The van der Waals surface area contributed by atoms with Crippen LogP contribution in [0.3, 0.4) is 0 Å². The maximum absolute atomic E-state index is 13.7. The zero-order valence-corrected chi connectivity index (χ0v) is 18.4. The maximum Gasteiger partial charge on any atom is 0.243 e. The Kier molecular flexibility index (Phi) is 5.39.